The van der Waals surface area contributed by atoms with Crippen molar-refractivity contribution in [2.45, 2.75) is 43.9 Å². The molecule has 0 saturated carbocycles. The smallest absolute Gasteiger partial charge is 0.245 e. The van der Waals surface area contributed by atoms with E-state index in [0.717, 1.165) is 28.8 Å². The summed E-state index contributed by atoms with van der Waals surface area (Å²) in [7, 11) is -2.03. The molecule has 0 spiro atoms. The fourth-order valence-corrected chi connectivity index (χ4v) is 5.12. The van der Waals surface area contributed by atoms with Crippen molar-refractivity contribution in [1.82, 2.24) is 18.8 Å². The minimum absolute atomic E-state index is 0.270. The zero-order chi connectivity index (χ0) is 19.9. The van der Waals surface area contributed by atoms with E-state index >= 15 is 0 Å². The molecule has 1 unspecified atom stereocenters. The summed E-state index contributed by atoms with van der Waals surface area (Å²) in [6.07, 6.45) is 5.05. The fourth-order valence-electron chi connectivity index (χ4n) is 3.68. The van der Waals surface area contributed by atoms with Gasteiger partial charge in [0.15, 0.2) is 0 Å². The number of sulfonamides is 1. The Morgan fingerprint density at radius 1 is 1.25 bits per heavy atom. The zero-order valence-corrected chi connectivity index (χ0v) is 17.1. The van der Waals surface area contributed by atoms with Crippen molar-refractivity contribution in [2.75, 3.05) is 13.7 Å². The van der Waals surface area contributed by atoms with Gasteiger partial charge in [0.2, 0.25) is 10.0 Å². The van der Waals surface area contributed by atoms with Crippen molar-refractivity contribution < 1.29 is 13.2 Å². The molecule has 28 heavy (non-hydrogen) atoms. The average molecular weight is 401 g/mol. The van der Waals surface area contributed by atoms with Gasteiger partial charge in [0, 0.05) is 26.4 Å². The van der Waals surface area contributed by atoms with Crippen LogP contribution in [-0.4, -0.2) is 46.6 Å². The van der Waals surface area contributed by atoms with Crippen LogP contribution in [0.4, 0.5) is 0 Å². The van der Waals surface area contributed by atoms with Gasteiger partial charge < -0.3 is 9.30 Å². The summed E-state index contributed by atoms with van der Waals surface area (Å²) in [6.45, 7) is 4.98. The van der Waals surface area contributed by atoms with Crippen molar-refractivity contribution in [2.24, 2.45) is 0 Å². The van der Waals surface area contributed by atoms with Gasteiger partial charge in [-0.1, -0.05) is 12.1 Å². The lowest BCUT2D eigenvalue weighted by molar-refractivity contribution is -0.0554. The van der Waals surface area contributed by atoms with Gasteiger partial charge in [-0.05, 0) is 50.5 Å². The lowest BCUT2D eigenvalue weighted by atomic mass is 10.2. The van der Waals surface area contributed by atoms with Gasteiger partial charge in [-0.3, -0.25) is 4.98 Å². The summed E-state index contributed by atoms with van der Waals surface area (Å²) in [5.74, 6) is 0.894. The first-order valence-electron chi connectivity index (χ1n) is 9.30. The Morgan fingerprint density at radius 2 is 2.00 bits per heavy atom. The Bertz CT molecular complexity index is 1100. The molecule has 0 bridgehead atoms. The third kappa shape index (κ3) is 3.21. The van der Waals surface area contributed by atoms with Gasteiger partial charge in [-0.2, -0.15) is 4.31 Å². The SMILES string of the molecule is Cc1nc2cnccc2n1Cc1ccc(S(=O)(=O)N(C)C2(C)CCCO2)cc1. The molecule has 0 aliphatic carbocycles. The molecule has 1 atom stereocenters. The minimum atomic E-state index is -3.62. The number of hydrogen-bond donors (Lipinski definition) is 0. The summed E-state index contributed by atoms with van der Waals surface area (Å²) in [6, 6.07) is 8.96. The number of benzene rings is 1. The summed E-state index contributed by atoms with van der Waals surface area (Å²) in [5, 5.41) is 0. The van der Waals surface area contributed by atoms with Crippen LogP contribution in [-0.2, 0) is 21.3 Å². The van der Waals surface area contributed by atoms with Crippen LogP contribution in [0.5, 0.6) is 0 Å². The van der Waals surface area contributed by atoms with Gasteiger partial charge in [-0.25, -0.2) is 13.4 Å². The van der Waals surface area contributed by atoms with E-state index in [-0.39, 0.29) is 4.90 Å². The molecule has 1 aromatic carbocycles. The highest BCUT2D eigenvalue weighted by molar-refractivity contribution is 7.89. The largest absolute Gasteiger partial charge is 0.360 e. The van der Waals surface area contributed by atoms with Crippen LogP contribution >= 0.6 is 0 Å². The van der Waals surface area contributed by atoms with Crippen LogP contribution in [0.2, 0.25) is 0 Å². The highest BCUT2D eigenvalue weighted by Crippen LogP contribution is 2.32. The zero-order valence-electron chi connectivity index (χ0n) is 16.3. The van der Waals surface area contributed by atoms with Crippen LogP contribution < -0.4 is 0 Å². The van der Waals surface area contributed by atoms with Crippen LogP contribution in [0.1, 0.15) is 31.2 Å². The number of aryl methyl sites for hydroxylation is 1. The van der Waals surface area contributed by atoms with Gasteiger partial charge in [0.1, 0.15) is 17.1 Å². The van der Waals surface area contributed by atoms with Gasteiger partial charge in [-0.15, -0.1) is 0 Å². The molecule has 0 radical (unpaired) electrons. The molecular weight excluding hydrogens is 376 g/mol. The maximum Gasteiger partial charge on any atom is 0.245 e. The summed E-state index contributed by atoms with van der Waals surface area (Å²) in [5.41, 5.74) is 2.09. The first-order valence-corrected chi connectivity index (χ1v) is 10.7. The normalized spacial score (nSPS) is 20.3. The first kappa shape index (κ1) is 19.0. The molecular formula is C20H24N4O3S. The topological polar surface area (TPSA) is 77.3 Å². The number of rotatable bonds is 5. The maximum atomic E-state index is 13.0. The number of fused-ring (bicyclic) bond motifs is 1. The standard InChI is InChI=1S/C20H24N4O3S/c1-15-22-18-13-21-11-9-19(18)24(15)14-16-5-7-17(8-6-16)28(25,26)23(3)20(2)10-4-12-27-20/h5-9,11,13H,4,10,12,14H2,1-3H3. The first-order chi connectivity index (χ1) is 13.3. The summed E-state index contributed by atoms with van der Waals surface area (Å²) >= 11 is 0. The predicted molar refractivity (Wildman–Crippen MR) is 106 cm³/mol. The number of pyridine rings is 1. The molecule has 0 N–H and O–H groups in total. The predicted octanol–water partition coefficient (Wildman–Crippen LogP) is 2.94. The highest BCUT2D eigenvalue weighted by Gasteiger charge is 2.41. The Kier molecular flexibility index (Phi) is 4.73. The number of aromatic nitrogens is 3. The molecule has 0 amide bonds. The van der Waals surface area contributed by atoms with Gasteiger partial charge in [0.25, 0.3) is 0 Å². The molecule has 1 aliphatic rings. The quantitative estimate of drug-likeness (QED) is 0.658. The van der Waals surface area contributed by atoms with E-state index in [9.17, 15) is 8.42 Å². The summed E-state index contributed by atoms with van der Waals surface area (Å²) < 4.78 is 35.1. The third-order valence-corrected chi connectivity index (χ3v) is 7.50. The van der Waals surface area contributed by atoms with Gasteiger partial charge in [0.05, 0.1) is 16.6 Å². The van der Waals surface area contributed by atoms with Crippen molar-refractivity contribution in [3.05, 3.63) is 54.1 Å². The average Bonchev–Trinajstić information content (AvgIpc) is 3.26. The fraction of sp³-hybridized carbons (Fsp3) is 0.400. The number of ether oxygens (including phenoxy) is 1. The molecule has 1 saturated heterocycles. The van der Waals surface area contributed by atoms with E-state index in [2.05, 4.69) is 14.5 Å². The van der Waals surface area contributed by atoms with Crippen molar-refractivity contribution in [3.63, 3.8) is 0 Å². The Hall–Kier alpha value is -2.29. The van der Waals surface area contributed by atoms with E-state index in [1.54, 1.807) is 31.6 Å². The minimum Gasteiger partial charge on any atom is -0.360 e. The lowest BCUT2D eigenvalue weighted by Gasteiger charge is -2.33. The number of nitrogens with zero attached hydrogens (tertiary/aromatic N) is 4. The number of hydrogen-bond acceptors (Lipinski definition) is 5. The van der Waals surface area contributed by atoms with Crippen LogP contribution in [0.25, 0.3) is 11.0 Å². The van der Waals surface area contributed by atoms with Crippen molar-refractivity contribution in [1.29, 1.82) is 0 Å². The van der Waals surface area contributed by atoms with E-state index in [1.807, 2.05) is 32.0 Å². The second kappa shape index (κ2) is 6.95. The molecule has 148 valence electrons. The van der Waals surface area contributed by atoms with Crippen LogP contribution in [0, 0.1) is 6.92 Å². The molecule has 1 fully saturated rings. The molecule has 2 aromatic heterocycles. The second-order valence-corrected chi connectivity index (χ2v) is 9.32. The van der Waals surface area contributed by atoms with E-state index in [4.69, 9.17) is 4.74 Å². The van der Waals surface area contributed by atoms with E-state index in [0.29, 0.717) is 19.6 Å². The maximum absolute atomic E-state index is 13.0. The van der Waals surface area contributed by atoms with Gasteiger partial charge >= 0.3 is 0 Å². The van der Waals surface area contributed by atoms with Crippen molar-refractivity contribution in [3.8, 4) is 0 Å². The molecule has 7 nitrogen and oxygen atoms in total. The Labute approximate surface area is 165 Å². The third-order valence-electron chi connectivity index (χ3n) is 5.53. The Morgan fingerprint density at radius 3 is 2.68 bits per heavy atom. The Balaban J connectivity index is 1.59. The highest BCUT2D eigenvalue weighted by atomic mass is 32.2. The second-order valence-electron chi connectivity index (χ2n) is 7.35. The summed E-state index contributed by atoms with van der Waals surface area (Å²) in [4.78, 5) is 8.91. The van der Waals surface area contributed by atoms with Crippen LogP contribution in [0.15, 0.2) is 47.6 Å². The molecule has 4 rings (SSSR count). The van der Waals surface area contributed by atoms with E-state index < -0.39 is 15.7 Å². The molecule has 3 aromatic rings. The van der Waals surface area contributed by atoms with E-state index in [1.165, 1.54) is 4.31 Å². The molecule has 8 heteroatoms. The molecule has 1 aliphatic heterocycles. The lowest BCUT2D eigenvalue weighted by Crippen LogP contribution is -2.46. The monoisotopic (exact) mass is 400 g/mol. The molecule has 3 heterocycles. The van der Waals surface area contributed by atoms with Crippen molar-refractivity contribution >= 4 is 21.1 Å². The van der Waals surface area contributed by atoms with Crippen LogP contribution in [0.3, 0.4) is 0 Å². The number of imidazole rings is 1.